The van der Waals surface area contributed by atoms with Gasteiger partial charge >= 0.3 is 0 Å². The van der Waals surface area contributed by atoms with Crippen molar-refractivity contribution in [2.45, 2.75) is 118 Å². The van der Waals surface area contributed by atoms with E-state index in [0.29, 0.717) is 53.4 Å². The summed E-state index contributed by atoms with van der Waals surface area (Å²) >= 11 is 0. The zero-order valence-electron chi connectivity index (χ0n) is 27.7. The van der Waals surface area contributed by atoms with Crippen molar-refractivity contribution in [2.75, 3.05) is 26.1 Å². The molecule has 0 amide bonds. The zero-order valence-corrected chi connectivity index (χ0v) is 27.7. The van der Waals surface area contributed by atoms with Gasteiger partial charge < -0.3 is 29.4 Å². The minimum absolute atomic E-state index is 0.0677. The molecule has 9 nitrogen and oxygen atoms in total. The number of hydrogen-bond donors (Lipinski definition) is 2. The van der Waals surface area contributed by atoms with Crippen molar-refractivity contribution in [3.8, 4) is 23.2 Å². The maximum absolute atomic E-state index is 13.7. The summed E-state index contributed by atoms with van der Waals surface area (Å²) in [6, 6.07) is 3.37. The maximum Gasteiger partial charge on any atom is 0.204 e. The number of nitrogens with two attached hydrogens (primary N) is 1. The third kappa shape index (κ3) is 10.5. The molecule has 3 heterocycles. The van der Waals surface area contributed by atoms with E-state index in [1.54, 1.807) is 36.0 Å². The first-order valence-electron chi connectivity index (χ1n) is 16.1. The molecule has 242 valence electrons. The SMILES string of the molecule is CCn1c(N)c(-c2nccn2COCCCCCCCCCCCC(C)(C)C)c(=O)c2ccc(C#C[C@@](C)(O)COC)nc21. The van der Waals surface area contributed by atoms with Crippen LogP contribution in [0.2, 0.25) is 0 Å². The fourth-order valence-electron chi connectivity index (χ4n) is 5.35. The van der Waals surface area contributed by atoms with Crippen LogP contribution in [0.5, 0.6) is 0 Å². The second kappa shape index (κ2) is 16.8. The Morgan fingerprint density at radius 3 is 2.30 bits per heavy atom. The lowest BCUT2D eigenvalue weighted by Crippen LogP contribution is -2.27. The van der Waals surface area contributed by atoms with Gasteiger partial charge in [-0.15, -0.1) is 0 Å². The molecular formula is C35H53N5O4. The minimum atomic E-state index is -1.32. The van der Waals surface area contributed by atoms with Gasteiger partial charge in [-0.25, -0.2) is 9.97 Å². The lowest BCUT2D eigenvalue weighted by molar-refractivity contribution is 0.0274. The van der Waals surface area contributed by atoms with Gasteiger partial charge in [0.25, 0.3) is 0 Å². The topological polar surface area (TPSA) is 117 Å². The molecule has 0 unspecified atom stereocenters. The molecule has 0 saturated carbocycles. The molecule has 0 aliphatic rings. The maximum atomic E-state index is 13.7. The van der Waals surface area contributed by atoms with Crippen molar-refractivity contribution in [1.29, 1.82) is 0 Å². The molecule has 0 aromatic carbocycles. The summed E-state index contributed by atoms with van der Waals surface area (Å²) in [6.45, 7) is 12.0. The van der Waals surface area contributed by atoms with Crippen molar-refractivity contribution < 1.29 is 14.6 Å². The number of aromatic nitrogens is 4. The molecule has 3 N–H and O–H groups in total. The minimum Gasteiger partial charge on any atom is -0.384 e. The third-order valence-electron chi connectivity index (χ3n) is 7.74. The van der Waals surface area contributed by atoms with Crippen molar-refractivity contribution in [3.63, 3.8) is 0 Å². The van der Waals surface area contributed by atoms with Crippen LogP contribution in [0.3, 0.4) is 0 Å². The van der Waals surface area contributed by atoms with E-state index < -0.39 is 5.60 Å². The number of unbranched alkanes of at least 4 members (excludes halogenated alkanes) is 8. The summed E-state index contributed by atoms with van der Waals surface area (Å²) < 4.78 is 14.6. The smallest absolute Gasteiger partial charge is 0.204 e. The van der Waals surface area contributed by atoms with Crippen molar-refractivity contribution >= 4 is 16.9 Å². The first-order valence-corrected chi connectivity index (χ1v) is 16.1. The summed E-state index contributed by atoms with van der Waals surface area (Å²) in [6.07, 6.45) is 16.2. The average Bonchev–Trinajstić information content (AvgIpc) is 3.42. The van der Waals surface area contributed by atoms with Gasteiger partial charge in [0.1, 0.15) is 40.9 Å². The van der Waals surface area contributed by atoms with E-state index in [4.69, 9.17) is 15.2 Å². The lowest BCUT2D eigenvalue weighted by Gasteiger charge is -2.17. The molecule has 44 heavy (non-hydrogen) atoms. The van der Waals surface area contributed by atoms with Crippen LogP contribution in [-0.4, -0.2) is 50.1 Å². The van der Waals surface area contributed by atoms with E-state index in [-0.39, 0.29) is 17.9 Å². The Labute approximate surface area is 263 Å². The van der Waals surface area contributed by atoms with Crippen LogP contribution < -0.4 is 11.2 Å². The zero-order chi connectivity index (χ0) is 32.2. The van der Waals surface area contributed by atoms with Gasteiger partial charge in [-0.1, -0.05) is 78.1 Å². The Morgan fingerprint density at radius 1 is 1.00 bits per heavy atom. The number of imidazole rings is 1. The van der Waals surface area contributed by atoms with E-state index in [1.807, 2.05) is 11.5 Å². The van der Waals surface area contributed by atoms with E-state index in [1.165, 1.54) is 58.5 Å². The highest BCUT2D eigenvalue weighted by atomic mass is 16.5. The number of nitrogen functional groups attached to an aromatic ring is 1. The number of pyridine rings is 2. The van der Waals surface area contributed by atoms with E-state index in [0.717, 1.165) is 12.8 Å². The second-order valence-corrected chi connectivity index (χ2v) is 13.1. The van der Waals surface area contributed by atoms with Crippen molar-refractivity contribution in [1.82, 2.24) is 19.1 Å². The summed E-state index contributed by atoms with van der Waals surface area (Å²) in [7, 11) is 1.50. The Morgan fingerprint density at radius 2 is 1.66 bits per heavy atom. The first kappa shape index (κ1) is 35.3. The van der Waals surface area contributed by atoms with Crippen LogP contribution in [0.1, 0.15) is 105 Å². The number of rotatable bonds is 17. The number of methoxy groups -OCH3 is 1. The van der Waals surface area contributed by atoms with Crippen LogP contribution in [0.4, 0.5) is 5.82 Å². The molecule has 0 spiro atoms. The van der Waals surface area contributed by atoms with Gasteiger partial charge in [-0.3, -0.25) is 4.79 Å². The van der Waals surface area contributed by atoms with Gasteiger partial charge in [0, 0.05) is 32.7 Å². The fourth-order valence-corrected chi connectivity index (χ4v) is 5.35. The van der Waals surface area contributed by atoms with E-state index in [9.17, 15) is 9.90 Å². The number of anilines is 1. The second-order valence-electron chi connectivity index (χ2n) is 13.1. The molecular weight excluding hydrogens is 554 g/mol. The summed E-state index contributed by atoms with van der Waals surface area (Å²) in [5, 5.41) is 10.7. The summed E-state index contributed by atoms with van der Waals surface area (Å²) in [5.41, 5.74) is 6.65. The Kier molecular flexibility index (Phi) is 13.4. The van der Waals surface area contributed by atoms with Crippen molar-refractivity contribution in [2.24, 2.45) is 5.41 Å². The fraction of sp³-hybridized carbons (Fsp3) is 0.629. The normalized spacial score (nSPS) is 13.2. The molecule has 0 aliphatic carbocycles. The number of nitrogens with zero attached hydrogens (tertiary/aromatic N) is 4. The molecule has 9 heteroatoms. The molecule has 0 bridgehead atoms. The van der Waals surface area contributed by atoms with Gasteiger partial charge in [0.05, 0.1) is 12.0 Å². The van der Waals surface area contributed by atoms with E-state index >= 15 is 0 Å². The van der Waals surface area contributed by atoms with Crippen LogP contribution in [-0.2, 0) is 22.7 Å². The number of aryl methyl sites for hydroxylation is 1. The van der Waals surface area contributed by atoms with E-state index in [2.05, 4.69) is 42.6 Å². The first-order chi connectivity index (χ1) is 21.0. The Hall–Kier alpha value is -3.19. The molecule has 0 saturated heterocycles. The Balaban J connectivity index is 1.56. The predicted molar refractivity (Wildman–Crippen MR) is 178 cm³/mol. The number of ether oxygens (including phenoxy) is 2. The van der Waals surface area contributed by atoms with Crippen LogP contribution in [0, 0.1) is 17.3 Å². The summed E-state index contributed by atoms with van der Waals surface area (Å²) in [5.74, 6) is 6.42. The highest BCUT2D eigenvalue weighted by Gasteiger charge is 2.21. The number of fused-ring (bicyclic) bond motifs is 1. The molecule has 0 aliphatic heterocycles. The highest BCUT2D eigenvalue weighted by molar-refractivity contribution is 5.86. The van der Waals surface area contributed by atoms with Gasteiger partial charge in [0.15, 0.2) is 0 Å². The van der Waals surface area contributed by atoms with Crippen LogP contribution >= 0.6 is 0 Å². The predicted octanol–water partition coefficient (Wildman–Crippen LogP) is 6.53. The number of aliphatic hydroxyl groups is 1. The quantitative estimate of drug-likeness (QED) is 0.132. The monoisotopic (exact) mass is 607 g/mol. The van der Waals surface area contributed by atoms with Crippen LogP contribution in [0.15, 0.2) is 29.3 Å². The average molecular weight is 608 g/mol. The Bertz CT molecular complexity index is 1460. The van der Waals surface area contributed by atoms with Gasteiger partial charge in [-0.05, 0) is 50.2 Å². The standard InChI is InChI=1S/C35H53N5O4/c1-7-40-31(36)29(30(41)28-18-17-27(38-32(28)40)19-21-35(5,42)25-43-6)33-37-22-23-39(33)26-44-24-16-14-12-10-8-9-11-13-15-20-34(2,3)4/h17-18,22-23,42H,7-16,20,24-26,36H2,1-6H3/t35-/m1/s1. The molecule has 1 atom stereocenters. The summed E-state index contributed by atoms with van der Waals surface area (Å²) in [4.78, 5) is 22.8. The molecule has 3 rings (SSSR count). The van der Waals surface area contributed by atoms with Crippen LogP contribution in [0.25, 0.3) is 22.4 Å². The number of hydrogen-bond acceptors (Lipinski definition) is 7. The van der Waals surface area contributed by atoms with Crippen molar-refractivity contribution in [3.05, 3.63) is 40.4 Å². The molecule has 3 aromatic rings. The van der Waals surface area contributed by atoms with Gasteiger partial charge in [-0.2, -0.15) is 0 Å². The highest BCUT2D eigenvalue weighted by Crippen LogP contribution is 2.26. The molecule has 0 fully saturated rings. The molecule has 0 radical (unpaired) electrons. The lowest BCUT2D eigenvalue weighted by atomic mass is 9.89. The third-order valence-corrected chi connectivity index (χ3v) is 7.74. The largest absolute Gasteiger partial charge is 0.384 e. The van der Waals surface area contributed by atoms with Gasteiger partial charge in [0.2, 0.25) is 5.43 Å². The molecule has 3 aromatic heterocycles.